The lowest BCUT2D eigenvalue weighted by atomic mass is 10.1. The monoisotopic (exact) mass is 235 g/mol. The summed E-state index contributed by atoms with van der Waals surface area (Å²) in [5.41, 5.74) is 0. The maximum Gasteiger partial charge on any atom is 0.214 e. The summed E-state index contributed by atoms with van der Waals surface area (Å²) in [5.74, 6) is 0.396. The molecule has 2 aliphatic heterocycles. The number of hydrogen-bond donors (Lipinski definition) is 0. The zero-order valence-corrected chi connectivity index (χ0v) is 10.1. The van der Waals surface area contributed by atoms with E-state index in [4.69, 9.17) is 0 Å². The Morgan fingerprint density at radius 2 is 2.24 bits per heavy atom. The highest BCUT2D eigenvalue weighted by molar-refractivity contribution is 5.40. The van der Waals surface area contributed by atoms with Crippen LogP contribution in [0.1, 0.15) is 19.8 Å². The van der Waals surface area contributed by atoms with Crippen molar-refractivity contribution >= 4 is 5.82 Å². The van der Waals surface area contributed by atoms with Crippen LogP contribution in [0.2, 0.25) is 0 Å². The second kappa shape index (κ2) is 4.26. The van der Waals surface area contributed by atoms with Crippen molar-refractivity contribution in [2.75, 3.05) is 24.5 Å². The van der Waals surface area contributed by atoms with E-state index in [9.17, 15) is 4.39 Å². The summed E-state index contributed by atoms with van der Waals surface area (Å²) in [6.07, 6.45) is 2.56. The number of halogens is 1. The third-order valence-corrected chi connectivity index (χ3v) is 3.93. The minimum Gasteiger partial charge on any atom is -0.351 e. The van der Waals surface area contributed by atoms with Crippen LogP contribution < -0.4 is 4.90 Å². The highest BCUT2D eigenvalue weighted by Gasteiger charge is 2.34. The van der Waals surface area contributed by atoms with E-state index in [0.29, 0.717) is 12.1 Å². The zero-order chi connectivity index (χ0) is 11.8. The lowest BCUT2D eigenvalue weighted by Gasteiger charge is -2.42. The minimum absolute atomic E-state index is 0.386. The maximum atomic E-state index is 13.2. The predicted molar refractivity (Wildman–Crippen MR) is 65.6 cm³/mol. The molecule has 0 amide bonds. The number of hydrogen-bond acceptors (Lipinski definition) is 3. The van der Waals surface area contributed by atoms with Crippen molar-refractivity contribution in [3.63, 3.8) is 0 Å². The first-order valence-electron chi connectivity index (χ1n) is 6.37. The van der Waals surface area contributed by atoms with Gasteiger partial charge in [-0.3, -0.25) is 4.90 Å². The first-order valence-corrected chi connectivity index (χ1v) is 6.37. The third kappa shape index (κ3) is 2.02. The van der Waals surface area contributed by atoms with Gasteiger partial charge < -0.3 is 4.90 Å². The molecule has 0 bridgehead atoms. The van der Waals surface area contributed by atoms with E-state index < -0.39 is 0 Å². The average molecular weight is 235 g/mol. The lowest BCUT2D eigenvalue weighted by molar-refractivity contribution is 0.202. The zero-order valence-electron chi connectivity index (χ0n) is 10.1. The Bertz CT molecular complexity index is 409. The number of pyridine rings is 1. The summed E-state index contributed by atoms with van der Waals surface area (Å²) in [5, 5.41) is 0. The number of anilines is 1. The third-order valence-electron chi connectivity index (χ3n) is 3.93. The van der Waals surface area contributed by atoms with Gasteiger partial charge in [-0.15, -0.1) is 0 Å². The molecule has 2 unspecified atom stereocenters. The van der Waals surface area contributed by atoms with Crippen molar-refractivity contribution in [1.82, 2.24) is 9.88 Å². The van der Waals surface area contributed by atoms with Crippen molar-refractivity contribution in [3.05, 3.63) is 24.1 Å². The van der Waals surface area contributed by atoms with Gasteiger partial charge >= 0.3 is 0 Å². The quantitative estimate of drug-likeness (QED) is 0.693. The summed E-state index contributed by atoms with van der Waals surface area (Å²) in [6.45, 7) is 5.47. The molecule has 2 fully saturated rings. The number of nitrogens with zero attached hydrogens (tertiary/aromatic N) is 3. The van der Waals surface area contributed by atoms with Gasteiger partial charge in [0.05, 0.1) is 0 Å². The van der Waals surface area contributed by atoms with E-state index in [1.807, 2.05) is 6.07 Å². The van der Waals surface area contributed by atoms with E-state index in [-0.39, 0.29) is 5.95 Å². The Balaban J connectivity index is 1.83. The molecule has 17 heavy (non-hydrogen) atoms. The van der Waals surface area contributed by atoms with Gasteiger partial charge in [0.25, 0.3) is 0 Å². The van der Waals surface area contributed by atoms with Gasteiger partial charge in [0, 0.05) is 25.2 Å². The molecule has 4 heteroatoms. The molecule has 0 N–H and O–H groups in total. The minimum atomic E-state index is -0.386. The Labute approximate surface area is 101 Å². The van der Waals surface area contributed by atoms with E-state index in [0.717, 1.165) is 18.9 Å². The van der Waals surface area contributed by atoms with Gasteiger partial charge in [-0.05, 0) is 38.4 Å². The SMILES string of the molecule is CC1CN2CCCC2CN1c1cccc(F)n1. The van der Waals surface area contributed by atoms with Crippen LogP contribution in [0.4, 0.5) is 10.2 Å². The van der Waals surface area contributed by atoms with Gasteiger partial charge in [0.1, 0.15) is 5.82 Å². The topological polar surface area (TPSA) is 19.4 Å². The van der Waals surface area contributed by atoms with Gasteiger partial charge in [0.2, 0.25) is 5.95 Å². The number of rotatable bonds is 1. The molecule has 0 saturated carbocycles. The second-order valence-corrected chi connectivity index (χ2v) is 5.11. The van der Waals surface area contributed by atoms with Crippen LogP contribution in [0.5, 0.6) is 0 Å². The predicted octanol–water partition coefficient (Wildman–Crippen LogP) is 1.89. The number of fused-ring (bicyclic) bond motifs is 1. The average Bonchev–Trinajstić information content (AvgIpc) is 2.75. The van der Waals surface area contributed by atoms with E-state index in [1.54, 1.807) is 6.07 Å². The molecule has 0 aromatic carbocycles. The molecule has 3 nitrogen and oxygen atoms in total. The van der Waals surface area contributed by atoms with Crippen molar-refractivity contribution in [2.45, 2.75) is 31.8 Å². The van der Waals surface area contributed by atoms with Gasteiger partial charge in [0.15, 0.2) is 0 Å². The van der Waals surface area contributed by atoms with Crippen molar-refractivity contribution < 1.29 is 4.39 Å². The summed E-state index contributed by atoms with van der Waals surface area (Å²) < 4.78 is 13.2. The molecule has 2 atom stereocenters. The molecule has 3 heterocycles. The van der Waals surface area contributed by atoms with Crippen LogP contribution in [0, 0.1) is 5.95 Å². The summed E-state index contributed by atoms with van der Waals surface area (Å²) in [4.78, 5) is 8.80. The molecule has 0 spiro atoms. The van der Waals surface area contributed by atoms with Crippen LogP contribution >= 0.6 is 0 Å². The standard InChI is InChI=1S/C13H18FN3/c1-10-8-16-7-3-4-11(16)9-17(10)13-6-2-5-12(14)15-13/h2,5-6,10-11H,3-4,7-9H2,1H3. The van der Waals surface area contributed by atoms with Crippen molar-refractivity contribution in [3.8, 4) is 0 Å². The highest BCUT2D eigenvalue weighted by atomic mass is 19.1. The molecule has 92 valence electrons. The van der Waals surface area contributed by atoms with Crippen LogP contribution in [0.3, 0.4) is 0 Å². The molecule has 3 rings (SSSR count). The van der Waals surface area contributed by atoms with E-state index in [1.165, 1.54) is 25.5 Å². The molecule has 1 aromatic rings. The van der Waals surface area contributed by atoms with Crippen molar-refractivity contribution in [1.29, 1.82) is 0 Å². The van der Waals surface area contributed by atoms with Crippen LogP contribution in [0.25, 0.3) is 0 Å². The smallest absolute Gasteiger partial charge is 0.214 e. The normalized spacial score (nSPS) is 29.4. The molecule has 2 saturated heterocycles. The first-order chi connectivity index (χ1) is 8.24. The molecule has 1 aromatic heterocycles. The molecule has 0 aliphatic carbocycles. The maximum absolute atomic E-state index is 13.2. The largest absolute Gasteiger partial charge is 0.351 e. The lowest BCUT2D eigenvalue weighted by Crippen LogP contribution is -2.55. The Kier molecular flexibility index (Phi) is 2.74. The van der Waals surface area contributed by atoms with Crippen molar-refractivity contribution in [2.24, 2.45) is 0 Å². The number of aromatic nitrogens is 1. The molecular formula is C13H18FN3. The summed E-state index contributed by atoms with van der Waals surface area (Å²) in [7, 11) is 0. The Morgan fingerprint density at radius 1 is 1.35 bits per heavy atom. The van der Waals surface area contributed by atoms with Gasteiger partial charge in [-0.2, -0.15) is 4.39 Å². The molecule has 0 radical (unpaired) electrons. The van der Waals surface area contributed by atoms with Gasteiger partial charge in [-0.1, -0.05) is 6.07 Å². The van der Waals surface area contributed by atoms with E-state index in [2.05, 4.69) is 21.7 Å². The highest BCUT2D eigenvalue weighted by Crippen LogP contribution is 2.27. The van der Waals surface area contributed by atoms with Crippen LogP contribution in [-0.2, 0) is 0 Å². The second-order valence-electron chi connectivity index (χ2n) is 5.11. The summed E-state index contributed by atoms with van der Waals surface area (Å²) in [6, 6.07) is 6.10. The number of piperazine rings is 1. The fourth-order valence-electron chi connectivity index (χ4n) is 3.06. The molecule has 2 aliphatic rings. The van der Waals surface area contributed by atoms with Crippen LogP contribution in [-0.4, -0.2) is 41.6 Å². The van der Waals surface area contributed by atoms with E-state index >= 15 is 0 Å². The fourth-order valence-corrected chi connectivity index (χ4v) is 3.06. The Morgan fingerprint density at radius 3 is 3.06 bits per heavy atom. The van der Waals surface area contributed by atoms with Gasteiger partial charge in [-0.25, -0.2) is 4.98 Å². The Hall–Kier alpha value is -1.16. The summed E-state index contributed by atoms with van der Waals surface area (Å²) >= 11 is 0. The first kappa shape index (κ1) is 11.0. The molecular weight excluding hydrogens is 217 g/mol. The van der Waals surface area contributed by atoms with Crippen LogP contribution in [0.15, 0.2) is 18.2 Å². The fraction of sp³-hybridized carbons (Fsp3) is 0.615.